The van der Waals surface area contributed by atoms with Crippen molar-refractivity contribution in [2.24, 2.45) is 34.0 Å². The number of hydrogen-bond donors (Lipinski definition) is 0. The molecule has 0 aromatic carbocycles. The molecule has 9 heteroatoms. The van der Waals surface area contributed by atoms with Gasteiger partial charge in [0.05, 0.1) is 17.8 Å². The van der Waals surface area contributed by atoms with E-state index in [0.29, 0.717) is 12.0 Å². The number of Topliss-reactive ketones (excluding diaryl/α,β-unsaturated/α-hetero) is 1. The minimum absolute atomic E-state index is 0.157. The topological polar surface area (TPSA) is 122 Å². The number of esters is 4. The Kier molecular flexibility index (Phi) is 6.20. The van der Waals surface area contributed by atoms with E-state index < -0.39 is 81.8 Å². The Hall–Kier alpha value is -2.71. The van der Waals surface area contributed by atoms with Crippen LogP contribution in [-0.4, -0.2) is 53.6 Å². The molecule has 2 aliphatic carbocycles. The molecule has 0 radical (unpaired) electrons. The second-order valence-corrected chi connectivity index (χ2v) is 12.4. The van der Waals surface area contributed by atoms with Gasteiger partial charge in [-0.3, -0.25) is 24.0 Å². The van der Waals surface area contributed by atoms with Crippen molar-refractivity contribution < 1.29 is 42.9 Å². The molecule has 4 aliphatic rings. The first-order chi connectivity index (χ1) is 16.9. The van der Waals surface area contributed by atoms with E-state index >= 15 is 0 Å². The Balaban J connectivity index is 2.01. The molecule has 4 rings (SSSR count). The summed E-state index contributed by atoms with van der Waals surface area (Å²) in [6.07, 6.45) is -2.21. The Bertz CT molecular complexity index is 1090. The Labute approximate surface area is 217 Å². The van der Waals surface area contributed by atoms with E-state index in [1.807, 2.05) is 13.8 Å². The van der Waals surface area contributed by atoms with Crippen LogP contribution in [0.5, 0.6) is 0 Å². The lowest BCUT2D eigenvalue weighted by atomic mass is 9.36. The second-order valence-electron chi connectivity index (χ2n) is 12.4. The maximum Gasteiger partial charge on any atom is 0.311 e. The summed E-state index contributed by atoms with van der Waals surface area (Å²) < 4.78 is 23.2. The molecule has 2 aliphatic heterocycles. The largest absolute Gasteiger partial charge is 0.462 e. The number of carbonyl (C=O) groups excluding carboxylic acids is 5. The smallest absolute Gasteiger partial charge is 0.311 e. The highest BCUT2D eigenvalue weighted by Crippen LogP contribution is 2.71. The number of ether oxygens (including phenoxy) is 4. The first-order valence-corrected chi connectivity index (χ1v) is 12.9. The third-order valence-electron chi connectivity index (χ3n) is 10.1. The van der Waals surface area contributed by atoms with Gasteiger partial charge in [0.25, 0.3) is 0 Å². The van der Waals surface area contributed by atoms with Gasteiger partial charge in [0.15, 0.2) is 11.9 Å². The highest BCUT2D eigenvalue weighted by atomic mass is 16.6. The van der Waals surface area contributed by atoms with Crippen LogP contribution in [0.4, 0.5) is 0 Å². The fourth-order valence-corrected chi connectivity index (χ4v) is 8.50. The van der Waals surface area contributed by atoms with Crippen LogP contribution in [0.25, 0.3) is 0 Å². The van der Waals surface area contributed by atoms with Gasteiger partial charge >= 0.3 is 23.9 Å². The molecule has 0 spiro atoms. The Morgan fingerprint density at radius 1 is 0.892 bits per heavy atom. The molecule has 0 aromatic heterocycles. The van der Waals surface area contributed by atoms with Crippen molar-refractivity contribution in [3.8, 4) is 0 Å². The van der Waals surface area contributed by atoms with Crippen LogP contribution < -0.4 is 0 Å². The minimum Gasteiger partial charge on any atom is -0.462 e. The summed E-state index contributed by atoms with van der Waals surface area (Å²) in [6, 6.07) is 0. The van der Waals surface area contributed by atoms with E-state index in [1.165, 1.54) is 13.8 Å². The van der Waals surface area contributed by atoms with E-state index in [1.54, 1.807) is 27.7 Å². The first kappa shape index (κ1) is 27.3. The van der Waals surface area contributed by atoms with E-state index in [4.69, 9.17) is 18.9 Å². The molecule has 4 fully saturated rings. The molecule has 0 amide bonds. The summed E-state index contributed by atoms with van der Waals surface area (Å²) >= 11 is 0. The van der Waals surface area contributed by atoms with Gasteiger partial charge in [-0.05, 0) is 46.5 Å². The maximum atomic E-state index is 13.7. The quantitative estimate of drug-likeness (QED) is 0.308. The Morgan fingerprint density at radius 2 is 1.46 bits per heavy atom. The molecule has 9 atom stereocenters. The van der Waals surface area contributed by atoms with Crippen LogP contribution >= 0.6 is 0 Å². The molecule has 0 unspecified atom stereocenters. The van der Waals surface area contributed by atoms with Crippen LogP contribution in [0.1, 0.15) is 74.7 Å². The van der Waals surface area contributed by atoms with Gasteiger partial charge in [0.2, 0.25) is 0 Å². The zero-order chi connectivity index (χ0) is 27.9. The standard InChI is InChI=1S/C28H38O9/c1-13-10-18-27(8)17(25(5,6)37-21(31)12-20(27)36-16(4)30)11-19(35-15(3)29)28(18,9)22-24(33)34-14(2)23(32)26(13,22)7/h14,17-20,22H,1,10-12H2,2-9H3/t14-,17+,18-,19+,20-,22+,26-,27-,28-/m0/s1. The monoisotopic (exact) mass is 518 g/mol. The average Bonchev–Trinajstić information content (AvgIpc) is 2.80. The SMILES string of the molecule is C=C1C[C@H]2[C@@]3(C)[C@@H](OC(C)=O)CC(=O)OC(C)(C)[C@H]3C[C@@H](OC(C)=O)[C@@]2(C)[C@@H]2C(=O)O[C@@H](C)C(=O)[C@@]12C. The highest BCUT2D eigenvalue weighted by molar-refractivity contribution is 6.00. The van der Waals surface area contributed by atoms with Crippen LogP contribution in [0.3, 0.4) is 0 Å². The number of ketones is 1. The van der Waals surface area contributed by atoms with Crippen molar-refractivity contribution in [3.63, 3.8) is 0 Å². The predicted molar refractivity (Wildman–Crippen MR) is 130 cm³/mol. The lowest BCUT2D eigenvalue weighted by Crippen LogP contribution is -2.72. The molecule has 2 saturated carbocycles. The Morgan fingerprint density at radius 3 is 2.03 bits per heavy atom. The third kappa shape index (κ3) is 3.67. The van der Waals surface area contributed by atoms with E-state index in [2.05, 4.69) is 6.58 Å². The summed E-state index contributed by atoms with van der Waals surface area (Å²) in [5, 5.41) is 0. The highest BCUT2D eigenvalue weighted by Gasteiger charge is 2.75. The lowest BCUT2D eigenvalue weighted by molar-refractivity contribution is -0.257. The summed E-state index contributed by atoms with van der Waals surface area (Å²) in [6.45, 7) is 17.6. The van der Waals surface area contributed by atoms with E-state index in [0.717, 1.165) is 0 Å². The normalized spacial score (nSPS) is 44.8. The van der Waals surface area contributed by atoms with Crippen molar-refractivity contribution in [2.75, 3.05) is 0 Å². The van der Waals surface area contributed by atoms with Crippen molar-refractivity contribution in [1.29, 1.82) is 0 Å². The summed E-state index contributed by atoms with van der Waals surface area (Å²) in [5.41, 5.74) is -3.65. The van der Waals surface area contributed by atoms with Crippen molar-refractivity contribution in [1.82, 2.24) is 0 Å². The van der Waals surface area contributed by atoms with Gasteiger partial charge in [0, 0.05) is 30.6 Å². The zero-order valence-electron chi connectivity index (χ0n) is 23.0. The second kappa shape index (κ2) is 8.40. The van der Waals surface area contributed by atoms with Gasteiger partial charge in [-0.1, -0.05) is 26.0 Å². The number of rotatable bonds is 2. The molecular weight excluding hydrogens is 480 g/mol. The summed E-state index contributed by atoms with van der Waals surface area (Å²) in [5.74, 6) is -4.23. The number of allylic oxidation sites excluding steroid dienone is 1. The molecule has 37 heavy (non-hydrogen) atoms. The lowest BCUT2D eigenvalue weighted by Gasteiger charge is -2.68. The van der Waals surface area contributed by atoms with E-state index in [-0.39, 0.29) is 18.6 Å². The molecule has 2 heterocycles. The molecule has 0 bridgehead atoms. The van der Waals surface area contributed by atoms with Crippen LogP contribution in [-0.2, 0) is 42.9 Å². The van der Waals surface area contributed by atoms with Crippen molar-refractivity contribution in [3.05, 3.63) is 12.2 Å². The number of fused-ring (bicyclic) bond motifs is 5. The van der Waals surface area contributed by atoms with E-state index in [9.17, 15) is 24.0 Å². The predicted octanol–water partition coefficient (Wildman–Crippen LogP) is 3.32. The van der Waals surface area contributed by atoms with Gasteiger partial charge in [-0.2, -0.15) is 0 Å². The molecule has 2 saturated heterocycles. The molecule has 204 valence electrons. The average molecular weight is 519 g/mol. The van der Waals surface area contributed by atoms with Gasteiger partial charge in [-0.25, -0.2) is 0 Å². The van der Waals surface area contributed by atoms with Gasteiger partial charge in [-0.15, -0.1) is 0 Å². The third-order valence-corrected chi connectivity index (χ3v) is 10.1. The zero-order valence-corrected chi connectivity index (χ0v) is 23.0. The van der Waals surface area contributed by atoms with Crippen LogP contribution in [0.15, 0.2) is 12.2 Å². The van der Waals surface area contributed by atoms with Gasteiger partial charge in [0.1, 0.15) is 17.8 Å². The molecule has 9 nitrogen and oxygen atoms in total. The minimum atomic E-state index is -1.23. The van der Waals surface area contributed by atoms with Crippen LogP contribution in [0, 0.1) is 34.0 Å². The number of cyclic esters (lactones) is 2. The first-order valence-electron chi connectivity index (χ1n) is 12.9. The molecular formula is C28H38O9. The fraction of sp³-hybridized carbons (Fsp3) is 0.750. The van der Waals surface area contributed by atoms with Gasteiger partial charge < -0.3 is 18.9 Å². The van der Waals surface area contributed by atoms with Crippen LogP contribution in [0.2, 0.25) is 0 Å². The van der Waals surface area contributed by atoms with Crippen molar-refractivity contribution >= 4 is 29.7 Å². The molecule has 0 N–H and O–H groups in total. The number of hydrogen-bond acceptors (Lipinski definition) is 9. The maximum absolute atomic E-state index is 13.7. The summed E-state index contributed by atoms with van der Waals surface area (Å²) in [4.78, 5) is 64.8. The molecule has 0 aromatic rings. The summed E-state index contributed by atoms with van der Waals surface area (Å²) in [7, 11) is 0. The number of carbonyl (C=O) groups is 5. The fourth-order valence-electron chi connectivity index (χ4n) is 8.50. The van der Waals surface area contributed by atoms with Crippen molar-refractivity contribution in [2.45, 2.75) is 98.6 Å².